The second-order valence-electron chi connectivity index (χ2n) is 8.25. The fourth-order valence-electron chi connectivity index (χ4n) is 3.85. The number of hydrogen-bond donors (Lipinski definition) is 4. The topological polar surface area (TPSA) is 140 Å². The second kappa shape index (κ2) is 9.35. The van der Waals surface area contributed by atoms with Crippen LogP contribution in [0.4, 0.5) is 0 Å². The number of aromatic nitrogens is 2. The highest BCUT2D eigenvalue weighted by Crippen LogP contribution is 2.34. The van der Waals surface area contributed by atoms with Crippen LogP contribution < -0.4 is 16.0 Å². The van der Waals surface area contributed by atoms with Gasteiger partial charge in [-0.3, -0.25) is 14.4 Å². The third-order valence-corrected chi connectivity index (χ3v) is 6.42. The fourth-order valence-corrected chi connectivity index (χ4v) is 4.25. The standard InChI is InChI=1S/C21H22Cl2N6O3/c22-13-3-4-14(23)17-16(13)28-18(29-17)21(32)27-15(7-10-1-2-10)20(31)26-12(9-24)8-11-5-6-25-19(11)30/h3-4,10-12,15H,1-2,5-8H2,(H,25,30)(H,26,31)(H,27,32)(H,28,29). The first-order chi connectivity index (χ1) is 15.4. The van der Waals surface area contributed by atoms with Crippen molar-refractivity contribution in [3.8, 4) is 6.07 Å². The van der Waals surface area contributed by atoms with Gasteiger partial charge in [-0.05, 0) is 37.3 Å². The van der Waals surface area contributed by atoms with Gasteiger partial charge in [-0.1, -0.05) is 36.0 Å². The second-order valence-corrected chi connectivity index (χ2v) is 9.06. The maximum Gasteiger partial charge on any atom is 0.287 e. The number of carbonyl (C=O) groups excluding carboxylic acids is 3. The van der Waals surface area contributed by atoms with Crippen LogP contribution in [0.1, 0.15) is 42.7 Å². The molecule has 1 aliphatic heterocycles. The molecule has 32 heavy (non-hydrogen) atoms. The normalized spacial score (nSPS) is 19.8. The van der Waals surface area contributed by atoms with Gasteiger partial charge in [0.15, 0.2) is 5.82 Å². The van der Waals surface area contributed by atoms with E-state index in [4.69, 9.17) is 23.2 Å². The average molecular weight is 477 g/mol. The first kappa shape index (κ1) is 22.4. The molecule has 1 saturated heterocycles. The molecule has 4 N–H and O–H groups in total. The molecule has 0 bridgehead atoms. The lowest BCUT2D eigenvalue weighted by Gasteiger charge is -2.21. The van der Waals surface area contributed by atoms with Crippen LogP contribution in [-0.4, -0.2) is 46.3 Å². The molecule has 9 nitrogen and oxygen atoms in total. The predicted molar refractivity (Wildman–Crippen MR) is 118 cm³/mol. The first-order valence-electron chi connectivity index (χ1n) is 10.5. The van der Waals surface area contributed by atoms with Gasteiger partial charge in [0.05, 0.1) is 21.6 Å². The molecule has 3 atom stereocenters. The summed E-state index contributed by atoms with van der Waals surface area (Å²) in [6, 6.07) is 3.58. The molecule has 11 heteroatoms. The van der Waals surface area contributed by atoms with Crippen LogP contribution in [0.25, 0.3) is 11.0 Å². The molecule has 2 heterocycles. The number of H-pyrrole nitrogens is 1. The minimum atomic E-state index is -0.831. The summed E-state index contributed by atoms with van der Waals surface area (Å²) in [5, 5.41) is 18.3. The number of fused-ring (bicyclic) bond motifs is 1. The summed E-state index contributed by atoms with van der Waals surface area (Å²) in [5.41, 5.74) is 0.804. The van der Waals surface area contributed by atoms with Crippen molar-refractivity contribution in [3.63, 3.8) is 0 Å². The molecule has 1 aliphatic carbocycles. The number of nitrogens with one attached hydrogen (secondary N) is 4. The van der Waals surface area contributed by atoms with Crippen LogP contribution in [0.15, 0.2) is 12.1 Å². The fraction of sp³-hybridized carbons (Fsp3) is 0.476. The molecular formula is C21H22Cl2N6O3. The van der Waals surface area contributed by atoms with Crippen LogP contribution in [0.2, 0.25) is 10.0 Å². The van der Waals surface area contributed by atoms with E-state index < -0.39 is 23.9 Å². The molecule has 2 aliphatic rings. The number of aromatic amines is 1. The lowest BCUT2D eigenvalue weighted by atomic mass is 9.98. The number of hydrogen-bond acceptors (Lipinski definition) is 5. The van der Waals surface area contributed by atoms with Gasteiger partial charge in [-0.15, -0.1) is 0 Å². The van der Waals surface area contributed by atoms with Crippen LogP contribution in [0.5, 0.6) is 0 Å². The van der Waals surface area contributed by atoms with Gasteiger partial charge in [-0.2, -0.15) is 5.26 Å². The minimum Gasteiger partial charge on any atom is -0.356 e. The summed E-state index contributed by atoms with van der Waals surface area (Å²) in [6.45, 7) is 0.571. The zero-order valence-corrected chi connectivity index (χ0v) is 18.6. The highest BCUT2D eigenvalue weighted by atomic mass is 35.5. The van der Waals surface area contributed by atoms with Crippen LogP contribution in [0, 0.1) is 23.2 Å². The van der Waals surface area contributed by atoms with Crippen molar-refractivity contribution >= 4 is 52.0 Å². The lowest BCUT2D eigenvalue weighted by Crippen LogP contribution is -2.50. The highest BCUT2D eigenvalue weighted by Gasteiger charge is 2.33. The molecule has 0 radical (unpaired) electrons. The summed E-state index contributed by atoms with van der Waals surface area (Å²) in [5.74, 6) is -1.11. The zero-order chi connectivity index (χ0) is 22.8. The van der Waals surface area contributed by atoms with Crippen LogP contribution in [-0.2, 0) is 9.59 Å². The van der Waals surface area contributed by atoms with E-state index in [2.05, 4.69) is 25.9 Å². The minimum absolute atomic E-state index is 0.0111. The number of halogens is 2. The number of imidazole rings is 1. The predicted octanol–water partition coefficient (Wildman–Crippen LogP) is 2.30. The van der Waals surface area contributed by atoms with Crippen LogP contribution in [0.3, 0.4) is 0 Å². The third kappa shape index (κ3) is 4.97. The molecule has 4 rings (SSSR count). The Morgan fingerprint density at radius 3 is 2.56 bits per heavy atom. The third-order valence-electron chi connectivity index (χ3n) is 5.80. The van der Waals surface area contributed by atoms with Crippen molar-refractivity contribution in [2.45, 2.75) is 44.2 Å². The van der Waals surface area contributed by atoms with E-state index in [1.165, 1.54) is 0 Å². The van der Waals surface area contributed by atoms with E-state index in [0.29, 0.717) is 46.4 Å². The van der Waals surface area contributed by atoms with Crippen molar-refractivity contribution in [2.75, 3.05) is 6.54 Å². The van der Waals surface area contributed by atoms with Crippen molar-refractivity contribution in [2.24, 2.45) is 11.8 Å². The summed E-state index contributed by atoms with van der Waals surface area (Å²) in [7, 11) is 0. The SMILES string of the molecule is N#CC(CC1CCNC1=O)NC(=O)C(CC1CC1)NC(=O)c1nc2c(Cl)ccc(Cl)c2[nH]1. The van der Waals surface area contributed by atoms with E-state index >= 15 is 0 Å². The van der Waals surface area contributed by atoms with E-state index in [9.17, 15) is 19.6 Å². The van der Waals surface area contributed by atoms with Gasteiger partial charge < -0.3 is 20.9 Å². The number of carbonyl (C=O) groups is 3. The number of benzene rings is 1. The number of rotatable bonds is 8. The van der Waals surface area contributed by atoms with E-state index in [-0.39, 0.29) is 24.1 Å². The summed E-state index contributed by atoms with van der Waals surface area (Å²) >= 11 is 12.3. The number of amides is 3. The van der Waals surface area contributed by atoms with Gasteiger partial charge in [0.2, 0.25) is 11.8 Å². The molecule has 0 spiro atoms. The zero-order valence-electron chi connectivity index (χ0n) is 17.1. The van der Waals surface area contributed by atoms with Crippen molar-refractivity contribution < 1.29 is 14.4 Å². The summed E-state index contributed by atoms with van der Waals surface area (Å²) in [4.78, 5) is 44.6. The molecule has 2 fully saturated rings. The molecule has 1 aromatic heterocycles. The Kier molecular flexibility index (Phi) is 6.53. The Balaban J connectivity index is 1.45. The van der Waals surface area contributed by atoms with E-state index in [0.717, 1.165) is 12.8 Å². The lowest BCUT2D eigenvalue weighted by molar-refractivity contribution is -0.125. The Morgan fingerprint density at radius 2 is 1.94 bits per heavy atom. The van der Waals surface area contributed by atoms with E-state index in [1.54, 1.807) is 12.1 Å². The average Bonchev–Trinajstić information content (AvgIpc) is 3.31. The quantitative estimate of drug-likeness (QED) is 0.462. The molecule has 1 saturated carbocycles. The van der Waals surface area contributed by atoms with Crippen molar-refractivity contribution in [1.82, 2.24) is 25.9 Å². The highest BCUT2D eigenvalue weighted by molar-refractivity contribution is 6.39. The Hall–Kier alpha value is -2.83. The smallest absolute Gasteiger partial charge is 0.287 e. The molecular weight excluding hydrogens is 455 g/mol. The molecule has 3 unspecified atom stereocenters. The first-order valence-corrected chi connectivity index (χ1v) is 11.2. The summed E-state index contributed by atoms with van der Waals surface area (Å²) in [6.07, 6.45) is 3.30. The Labute approximate surface area is 194 Å². The molecule has 3 amide bonds. The van der Waals surface area contributed by atoms with Crippen molar-refractivity contribution in [3.05, 3.63) is 28.0 Å². The Bertz CT molecular complexity index is 1070. The van der Waals surface area contributed by atoms with Gasteiger partial charge >= 0.3 is 0 Å². The maximum atomic E-state index is 12.9. The Morgan fingerprint density at radius 1 is 1.19 bits per heavy atom. The van der Waals surface area contributed by atoms with E-state index in [1.807, 2.05) is 6.07 Å². The van der Waals surface area contributed by atoms with Gasteiger partial charge in [0.1, 0.15) is 17.6 Å². The molecule has 2 aromatic rings. The number of nitriles is 1. The van der Waals surface area contributed by atoms with Gasteiger partial charge in [-0.25, -0.2) is 4.98 Å². The van der Waals surface area contributed by atoms with Crippen LogP contribution >= 0.6 is 23.2 Å². The number of nitrogens with zero attached hydrogens (tertiary/aromatic N) is 2. The van der Waals surface area contributed by atoms with Crippen molar-refractivity contribution in [1.29, 1.82) is 5.26 Å². The summed E-state index contributed by atoms with van der Waals surface area (Å²) < 4.78 is 0. The molecule has 1 aromatic carbocycles. The monoisotopic (exact) mass is 476 g/mol. The molecule has 168 valence electrons. The van der Waals surface area contributed by atoms with Gasteiger partial charge in [0.25, 0.3) is 5.91 Å². The maximum absolute atomic E-state index is 12.9. The largest absolute Gasteiger partial charge is 0.356 e. The van der Waals surface area contributed by atoms with Gasteiger partial charge in [0, 0.05) is 12.5 Å².